The third-order valence-electron chi connectivity index (χ3n) is 4.18. The fraction of sp³-hybridized carbons (Fsp3) is 0.400. The molecule has 0 atom stereocenters. The molecule has 5 nitrogen and oxygen atoms in total. The van der Waals surface area contributed by atoms with Gasteiger partial charge in [0.1, 0.15) is 5.75 Å². The molecule has 0 unspecified atom stereocenters. The molecular weight excluding hydrogens is 314 g/mol. The fourth-order valence-electron chi connectivity index (χ4n) is 2.51. The van der Waals surface area contributed by atoms with Crippen LogP contribution in [-0.2, 0) is 17.6 Å². The maximum Gasteiger partial charge on any atom is 0.223 e. The summed E-state index contributed by atoms with van der Waals surface area (Å²) in [6, 6.07) is 12.0. The molecule has 2 rings (SSSR count). The lowest BCUT2D eigenvalue weighted by Gasteiger charge is -2.17. The quantitative estimate of drug-likeness (QED) is 0.674. The number of likely N-dealkylation sites (N-methyl/N-ethyl adjacent to an activating group) is 1. The van der Waals surface area contributed by atoms with Crippen LogP contribution in [0, 0.1) is 0 Å². The third kappa shape index (κ3) is 6.93. The highest BCUT2D eigenvalue weighted by Crippen LogP contribution is 2.11. The number of amides is 1. The summed E-state index contributed by atoms with van der Waals surface area (Å²) in [5.41, 5.74) is 2.46. The summed E-state index contributed by atoms with van der Waals surface area (Å²) in [5, 5.41) is 3.34. The molecule has 5 heteroatoms. The Labute approximate surface area is 150 Å². The van der Waals surface area contributed by atoms with Crippen LogP contribution in [0.4, 0.5) is 0 Å². The maximum absolute atomic E-state index is 12.1. The van der Waals surface area contributed by atoms with E-state index >= 15 is 0 Å². The van der Waals surface area contributed by atoms with Gasteiger partial charge in [0, 0.05) is 39.0 Å². The number of carbonyl (C=O) groups is 1. The SMILES string of the molecule is COc1ccc(CCNCCC(=O)N(C)CCc2ccncc2)cc1. The number of methoxy groups -OCH3 is 1. The lowest BCUT2D eigenvalue weighted by atomic mass is 10.1. The molecular formula is C20H27N3O2. The number of carbonyl (C=O) groups excluding carboxylic acids is 1. The van der Waals surface area contributed by atoms with E-state index in [0.717, 1.165) is 31.7 Å². The zero-order valence-corrected chi connectivity index (χ0v) is 15.1. The molecule has 0 saturated carbocycles. The minimum atomic E-state index is 0.172. The number of rotatable bonds is 10. The second-order valence-corrected chi connectivity index (χ2v) is 6.02. The average molecular weight is 341 g/mol. The van der Waals surface area contributed by atoms with Gasteiger partial charge < -0.3 is 15.0 Å². The van der Waals surface area contributed by atoms with E-state index < -0.39 is 0 Å². The molecule has 0 aliphatic heterocycles. The summed E-state index contributed by atoms with van der Waals surface area (Å²) in [6.45, 7) is 2.30. The van der Waals surface area contributed by atoms with Gasteiger partial charge in [0.2, 0.25) is 5.91 Å². The molecule has 0 aliphatic carbocycles. The molecule has 1 N–H and O–H groups in total. The van der Waals surface area contributed by atoms with E-state index in [4.69, 9.17) is 4.74 Å². The Balaban J connectivity index is 1.58. The van der Waals surface area contributed by atoms with Crippen molar-refractivity contribution in [2.24, 2.45) is 0 Å². The molecule has 0 fully saturated rings. The Bertz CT molecular complexity index is 629. The molecule has 1 heterocycles. The summed E-state index contributed by atoms with van der Waals surface area (Å²) < 4.78 is 5.15. The van der Waals surface area contributed by atoms with Gasteiger partial charge in [-0.3, -0.25) is 9.78 Å². The summed E-state index contributed by atoms with van der Waals surface area (Å²) in [4.78, 5) is 17.9. The molecule has 0 radical (unpaired) electrons. The highest BCUT2D eigenvalue weighted by Gasteiger charge is 2.08. The number of benzene rings is 1. The van der Waals surface area contributed by atoms with Crippen LogP contribution < -0.4 is 10.1 Å². The Kier molecular flexibility index (Phi) is 7.92. The maximum atomic E-state index is 12.1. The minimum absolute atomic E-state index is 0.172. The van der Waals surface area contributed by atoms with Gasteiger partial charge in [0.05, 0.1) is 7.11 Å². The van der Waals surface area contributed by atoms with Crippen molar-refractivity contribution < 1.29 is 9.53 Å². The van der Waals surface area contributed by atoms with E-state index in [2.05, 4.69) is 22.4 Å². The van der Waals surface area contributed by atoms with Crippen LogP contribution in [0.15, 0.2) is 48.8 Å². The van der Waals surface area contributed by atoms with E-state index in [-0.39, 0.29) is 5.91 Å². The van der Waals surface area contributed by atoms with Gasteiger partial charge >= 0.3 is 0 Å². The van der Waals surface area contributed by atoms with Crippen LogP contribution in [0.25, 0.3) is 0 Å². The topological polar surface area (TPSA) is 54.5 Å². The van der Waals surface area contributed by atoms with Gasteiger partial charge in [0.25, 0.3) is 0 Å². The number of pyridine rings is 1. The number of nitrogens with one attached hydrogen (secondary N) is 1. The number of nitrogens with zero attached hydrogens (tertiary/aromatic N) is 2. The van der Waals surface area contributed by atoms with Crippen molar-refractivity contribution in [3.05, 3.63) is 59.9 Å². The van der Waals surface area contributed by atoms with Crippen molar-refractivity contribution in [3.8, 4) is 5.75 Å². The smallest absolute Gasteiger partial charge is 0.223 e. The second kappa shape index (κ2) is 10.5. The normalized spacial score (nSPS) is 10.5. The van der Waals surface area contributed by atoms with Crippen molar-refractivity contribution in [1.82, 2.24) is 15.2 Å². The predicted molar refractivity (Wildman–Crippen MR) is 99.8 cm³/mol. The first-order chi connectivity index (χ1) is 12.2. The molecule has 0 aliphatic rings. The van der Waals surface area contributed by atoms with Crippen molar-refractivity contribution >= 4 is 5.91 Å². The van der Waals surface area contributed by atoms with Crippen molar-refractivity contribution in [3.63, 3.8) is 0 Å². The number of hydrogen-bond acceptors (Lipinski definition) is 4. The zero-order chi connectivity index (χ0) is 17.9. The van der Waals surface area contributed by atoms with Gasteiger partial charge in [-0.25, -0.2) is 0 Å². The van der Waals surface area contributed by atoms with Crippen molar-refractivity contribution in [2.45, 2.75) is 19.3 Å². The summed E-state index contributed by atoms with van der Waals surface area (Å²) in [7, 11) is 3.53. The lowest BCUT2D eigenvalue weighted by molar-refractivity contribution is -0.129. The van der Waals surface area contributed by atoms with E-state index in [1.807, 2.05) is 31.3 Å². The van der Waals surface area contributed by atoms with Crippen molar-refractivity contribution in [1.29, 1.82) is 0 Å². The Morgan fingerprint density at radius 2 is 1.72 bits per heavy atom. The van der Waals surface area contributed by atoms with E-state index in [1.54, 1.807) is 24.4 Å². The Morgan fingerprint density at radius 1 is 1.04 bits per heavy atom. The molecule has 1 aromatic carbocycles. The van der Waals surface area contributed by atoms with Crippen LogP contribution in [0.3, 0.4) is 0 Å². The summed E-state index contributed by atoms with van der Waals surface area (Å²) in [5.74, 6) is 1.04. The highest BCUT2D eigenvalue weighted by molar-refractivity contribution is 5.76. The number of hydrogen-bond donors (Lipinski definition) is 1. The van der Waals surface area contributed by atoms with E-state index in [0.29, 0.717) is 13.0 Å². The largest absolute Gasteiger partial charge is 0.497 e. The van der Waals surface area contributed by atoms with Gasteiger partial charge in [-0.05, 0) is 54.8 Å². The zero-order valence-electron chi connectivity index (χ0n) is 15.1. The molecule has 1 aromatic heterocycles. The third-order valence-corrected chi connectivity index (χ3v) is 4.18. The van der Waals surface area contributed by atoms with E-state index in [9.17, 15) is 4.79 Å². The van der Waals surface area contributed by atoms with Crippen LogP contribution in [0.2, 0.25) is 0 Å². The predicted octanol–water partition coefficient (Wildman–Crippen LogP) is 2.31. The van der Waals surface area contributed by atoms with Crippen molar-refractivity contribution in [2.75, 3.05) is 33.8 Å². The van der Waals surface area contributed by atoms with Gasteiger partial charge in [-0.15, -0.1) is 0 Å². The Morgan fingerprint density at radius 3 is 2.40 bits per heavy atom. The van der Waals surface area contributed by atoms with Gasteiger partial charge in [0.15, 0.2) is 0 Å². The number of aromatic nitrogens is 1. The molecule has 0 spiro atoms. The lowest BCUT2D eigenvalue weighted by Crippen LogP contribution is -2.32. The van der Waals surface area contributed by atoms with Gasteiger partial charge in [-0.2, -0.15) is 0 Å². The Hall–Kier alpha value is -2.40. The average Bonchev–Trinajstić information content (AvgIpc) is 2.67. The van der Waals surface area contributed by atoms with Crippen LogP contribution in [0.5, 0.6) is 5.75 Å². The van der Waals surface area contributed by atoms with E-state index in [1.165, 1.54) is 11.1 Å². The second-order valence-electron chi connectivity index (χ2n) is 6.02. The minimum Gasteiger partial charge on any atom is -0.497 e. The molecule has 1 amide bonds. The van der Waals surface area contributed by atoms with Gasteiger partial charge in [-0.1, -0.05) is 12.1 Å². The first-order valence-electron chi connectivity index (χ1n) is 8.65. The molecule has 0 saturated heterocycles. The number of ether oxygens (including phenoxy) is 1. The first-order valence-corrected chi connectivity index (χ1v) is 8.65. The summed E-state index contributed by atoms with van der Waals surface area (Å²) >= 11 is 0. The standard InChI is InChI=1S/C20H27N3O2/c1-23(16-11-18-8-13-21-14-9-18)20(24)10-15-22-12-7-17-3-5-19(25-2)6-4-17/h3-6,8-9,13-14,22H,7,10-12,15-16H2,1-2H3. The van der Waals surface area contributed by atoms with Crippen LogP contribution >= 0.6 is 0 Å². The molecule has 25 heavy (non-hydrogen) atoms. The van der Waals surface area contributed by atoms with Crippen LogP contribution in [-0.4, -0.2) is 49.6 Å². The molecule has 134 valence electrons. The monoisotopic (exact) mass is 341 g/mol. The summed E-state index contributed by atoms with van der Waals surface area (Å²) in [6.07, 6.45) is 5.88. The highest BCUT2D eigenvalue weighted by atomic mass is 16.5. The van der Waals surface area contributed by atoms with Crippen LogP contribution in [0.1, 0.15) is 17.5 Å². The first kappa shape index (κ1) is 18.9. The molecule has 2 aromatic rings. The molecule has 0 bridgehead atoms. The fourth-order valence-corrected chi connectivity index (χ4v) is 2.51.